The third kappa shape index (κ3) is 12.7. The Hall–Kier alpha value is -3.34. The molecule has 0 spiro atoms. The number of carboxylic acid groups (broad SMARTS) is 1. The standard InChI is InChI=1S/C30H44N8O4/c1-3-26(32-24(2)7-8-25-9-10-25)20-35-11-15-37(22-29(39)34-42)16-12-36(14-18-38(17-13-35)23-30(40)41)21-28-6-4-5-27(19-31)33-28/h3-6,25H,9-23,31H2,1-2H3,(H,40,41)/b26-3-,32-24?. The molecule has 0 atom stereocenters. The fourth-order valence-corrected chi connectivity index (χ4v) is 4.68. The van der Waals surface area contributed by atoms with Crippen LogP contribution < -0.4 is 5.73 Å². The average Bonchev–Trinajstić information content (AvgIpc) is 3.81. The van der Waals surface area contributed by atoms with Gasteiger partial charge in [-0.05, 0) is 38.8 Å². The topological polar surface area (TPSA) is 148 Å². The predicted molar refractivity (Wildman–Crippen MR) is 163 cm³/mol. The molecule has 1 saturated carbocycles. The molecule has 1 aromatic heterocycles. The maximum absolute atomic E-state index is 12.0. The van der Waals surface area contributed by atoms with Gasteiger partial charge in [0.25, 0.3) is 5.91 Å². The van der Waals surface area contributed by atoms with Gasteiger partial charge in [-0.3, -0.25) is 34.2 Å². The summed E-state index contributed by atoms with van der Waals surface area (Å²) in [5.41, 5.74) is 9.10. The molecule has 1 amide bonds. The first kappa shape index (κ1) is 33.2. The monoisotopic (exact) mass is 580 g/mol. The van der Waals surface area contributed by atoms with Crippen LogP contribution in [0, 0.1) is 22.7 Å². The molecular formula is C30H44N8O4. The average molecular weight is 581 g/mol. The number of aliphatic carboxylic acids is 1. The summed E-state index contributed by atoms with van der Waals surface area (Å²) in [7, 11) is 0. The first-order chi connectivity index (χ1) is 20.3. The second-order valence-electron chi connectivity index (χ2n) is 10.8. The van der Waals surface area contributed by atoms with Crippen LogP contribution in [0.25, 0.3) is 0 Å². The van der Waals surface area contributed by atoms with Gasteiger partial charge in [0.05, 0.1) is 35.9 Å². The van der Waals surface area contributed by atoms with Gasteiger partial charge in [0.2, 0.25) is 0 Å². The SMILES string of the molecule is C/C=C(/CN1CCN(CC(=O)O)CCN(Cc2cccc(CN)n2)CCN(CC(=O)N=O)CC1)N=C(C)C#CC1CC1. The van der Waals surface area contributed by atoms with E-state index in [4.69, 9.17) is 10.7 Å². The Bertz CT molecular complexity index is 1190. The minimum Gasteiger partial charge on any atom is -0.480 e. The highest BCUT2D eigenvalue weighted by Gasteiger charge is 2.21. The molecule has 1 saturated heterocycles. The number of nitroso groups, excluding NO2 is 1. The first-order valence-electron chi connectivity index (χ1n) is 14.6. The number of carbonyl (C=O) groups excluding carboxylic acids is 1. The lowest BCUT2D eigenvalue weighted by molar-refractivity contribution is -0.138. The van der Waals surface area contributed by atoms with Crippen molar-refractivity contribution in [3.63, 3.8) is 0 Å². The number of pyridine rings is 1. The van der Waals surface area contributed by atoms with Gasteiger partial charge in [-0.15, -0.1) is 4.91 Å². The van der Waals surface area contributed by atoms with Crippen molar-refractivity contribution in [1.82, 2.24) is 24.6 Å². The van der Waals surface area contributed by atoms with Gasteiger partial charge in [-0.2, -0.15) is 0 Å². The van der Waals surface area contributed by atoms with Crippen molar-refractivity contribution in [2.75, 3.05) is 72.0 Å². The highest BCUT2D eigenvalue weighted by Crippen LogP contribution is 2.27. The number of aliphatic imine (C=N–C) groups is 1. The lowest BCUT2D eigenvalue weighted by Gasteiger charge is -2.33. The Morgan fingerprint density at radius 2 is 1.55 bits per heavy atom. The number of aromatic nitrogens is 1. The fourth-order valence-electron chi connectivity index (χ4n) is 4.68. The molecule has 3 N–H and O–H groups in total. The normalized spacial score (nSPS) is 19.3. The summed E-state index contributed by atoms with van der Waals surface area (Å²) < 4.78 is 0. The van der Waals surface area contributed by atoms with Crippen molar-refractivity contribution < 1.29 is 14.7 Å². The summed E-state index contributed by atoms with van der Waals surface area (Å²) in [6.07, 6.45) is 4.29. The summed E-state index contributed by atoms with van der Waals surface area (Å²) in [5.74, 6) is 5.33. The van der Waals surface area contributed by atoms with Gasteiger partial charge in [0.1, 0.15) is 0 Å². The van der Waals surface area contributed by atoms with Crippen molar-refractivity contribution in [3.8, 4) is 11.8 Å². The van der Waals surface area contributed by atoms with Gasteiger partial charge in [-0.25, -0.2) is 4.99 Å². The zero-order valence-electron chi connectivity index (χ0n) is 24.9. The minimum absolute atomic E-state index is 0.0539. The van der Waals surface area contributed by atoms with Gasteiger partial charge in [0.15, 0.2) is 0 Å². The highest BCUT2D eigenvalue weighted by atomic mass is 16.4. The molecule has 0 bridgehead atoms. The van der Waals surface area contributed by atoms with Crippen LogP contribution in [0.15, 0.2) is 40.1 Å². The molecule has 228 valence electrons. The van der Waals surface area contributed by atoms with E-state index in [0.29, 0.717) is 77.9 Å². The Balaban J connectivity index is 1.77. The number of hydrogen-bond donors (Lipinski definition) is 2. The summed E-state index contributed by atoms with van der Waals surface area (Å²) in [5, 5.41) is 12.2. The van der Waals surface area contributed by atoms with Crippen molar-refractivity contribution in [1.29, 1.82) is 0 Å². The third-order valence-corrected chi connectivity index (χ3v) is 7.27. The van der Waals surface area contributed by atoms with Gasteiger partial charge in [0, 0.05) is 83.1 Å². The van der Waals surface area contributed by atoms with E-state index < -0.39 is 11.9 Å². The summed E-state index contributed by atoms with van der Waals surface area (Å²) >= 11 is 0. The van der Waals surface area contributed by atoms with Crippen LogP contribution in [0.2, 0.25) is 0 Å². The summed E-state index contributed by atoms with van der Waals surface area (Å²) in [6.45, 7) is 9.82. The van der Waals surface area contributed by atoms with E-state index in [1.165, 1.54) is 0 Å². The van der Waals surface area contributed by atoms with Crippen molar-refractivity contribution >= 4 is 17.6 Å². The number of amides is 1. The molecule has 2 heterocycles. The molecule has 1 aliphatic carbocycles. The molecule has 0 radical (unpaired) electrons. The van der Waals surface area contributed by atoms with E-state index >= 15 is 0 Å². The van der Waals surface area contributed by atoms with Crippen LogP contribution in [0.3, 0.4) is 0 Å². The highest BCUT2D eigenvalue weighted by molar-refractivity contribution is 5.99. The number of carbonyl (C=O) groups is 2. The van der Waals surface area contributed by atoms with Crippen LogP contribution in [0.4, 0.5) is 0 Å². The maximum atomic E-state index is 12.0. The predicted octanol–water partition coefficient (Wildman–Crippen LogP) is 1.42. The third-order valence-electron chi connectivity index (χ3n) is 7.27. The molecule has 42 heavy (non-hydrogen) atoms. The Kier molecular flexibility index (Phi) is 13.9. The van der Waals surface area contributed by atoms with Gasteiger partial charge >= 0.3 is 5.97 Å². The largest absolute Gasteiger partial charge is 0.480 e. The van der Waals surface area contributed by atoms with Crippen molar-refractivity contribution in [3.05, 3.63) is 46.3 Å². The first-order valence-corrected chi connectivity index (χ1v) is 14.6. The summed E-state index contributed by atoms with van der Waals surface area (Å²) in [6, 6.07) is 5.75. The summed E-state index contributed by atoms with van der Waals surface area (Å²) in [4.78, 5) is 52.3. The van der Waals surface area contributed by atoms with Crippen LogP contribution in [-0.4, -0.2) is 119 Å². The van der Waals surface area contributed by atoms with E-state index in [1.54, 1.807) is 0 Å². The molecule has 3 rings (SSSR count). The molecule has 1 aliphatic heterocycles. The van der Waals surface area contributed by atoms with E-state index in [-0.39, 0.29) is 13.1 Å². The number of rotatable bonds is 10. The van der Waals surface area contributed by atoms with E-state index in [2.05, 4.69) is 31.8 Å². The van der Waals surface area contributed by atoms with Gasteiger partial charge < -0.3 is 10.8 Å². The molecule has 2 aliphatic rings. The van der Waals surface area contributed by atoms with Crippen LogP contribution in [-0.2, 0) is 22.7 Å². The quantitative estimate of drug-likeness (QED) is 0.236. The van der Waals surface area contributed by atoms with E-state index in [0.717, 1.165) is 35.6 Å². The van der Waals surface area contributed by atoms with Crippen molar-refractivity contribution in [2.24, 2.45) is 21.8 Å². The molecule has 2 fully saturated rings. The zero-order chi connectivity index (χ0) is 30.3. The Labute approximate surface area is 248 Å². The molecular weight excluding hydrogens is 536 g/mol. The smallest absolute Gasteiger partial charge is 0.317 e. The lowest BCUT2D eigenvalue weighted by Crippen LogP contribution is -2.47. The Morgan fingerprint density at radius 3 is 2.10 bits per heavy atom. The number of nitrogens with two attached hydrogens (primary N) is 1. The number of allylic oxidation sites excluding steroid dienone is 1. The van der Waals surface area contributed by atoms with E-state index in [1.807, 2.05) is 47.9 Å². The lowest BCUT2D eigenvalue weighted by atomic mass is 10.2. The number of carboxylic acids is 1. The maximum Gasteiger partial charge on any atom is 0.317 e. The zero-order valence-corrected chi connectivity index (χ0v) is 24.9. The second kappa shape index (κ2) is 17.6. The number of hydrogen-bond acceptors (Lipinski definition) is 10. The molecule has 0 aromatic carbocycles. The minimum atomic E-state index is -0.868. The van der Waals surface area contributed by atoms with E-state index in [9.17, 15) is 19.6 Å². The molecule has 12 heteroatoms. The molecule has 0 unspecified atom stereocenters. The number of nitrogens with zero attached hydrogens (tertiary/aromatic N) is 7. The van der Waals surface area contributed by atoms with Crippen molar-refractivity contribution in [2.45, 2.75) is 39.8 Å². The second-order valence-corrected chi connectivity index (χ2v) is 10.8. The Morgan fingerprint density at radius 1 is 0.976 bits per heavy atom. The molecule has 1 aromatic rings. The van der Waals surface area contributed by atoms with Crippen LogP contribution in [0.1, 0.15) is 38.1 Å². The van der Waals surface area contributed by atoms with Crippen LogP contribution >= 0.6 is 0 Å². The van der Waals surface area contributed by atoms with Crippen LogP contribution in [0.5, 0.6) is 0 Å². The molecule has 12 nitrogen and oxygen atoms in total. The fraction of sp³-hybridized carbons (Fsp3) is 0.600. The van der Waals surface area contributed by atoms with Gasteiger partial charge in [-0.1, -0.05) is 24.0 Å².